The molecule has 0 unspecified atom stereocenters. The molecular formula is C21H16F2N2O3. The van der Waals surface area contributed by atoms with Gasteiger partial charge in [-0.3, -0.25) is 4.79 Å². The Morgan fingerprint density at radius 3 is 2.61 bits per heavy atom. The number of ether oxygens (including phenoxy) is 1. The lowest BCUT2D eigenvalue weighted by Gasteiger charge is -2.12. The Hall–Kier alpha value is -3.61. The van der Waals surface area contributed by atoms with Crippen LogP contribution in [-0.2, 0) is 4.79 Å². The highest BCUT2D eigenvalue weighted by Gasteiger charge is 2.13. The molecule has 0 aliphatic rings. The molecule has 0 bridgehead atoms. The molecule has 5 nitrogen and oxygen atoms in total. The van der Waals surface area contributed by atoms with Crippen molar-refractivity contribution in [3.63, 3.8) is 0 Å². The van der Waals surface area contributed by atoms with Crippen LogP contribution in [0.1, 0.15) is 0 Å². The first-order chi connectivity index (χ1) is 13.5. The summed E-state index contributed by atoms with van der Waals surface area (Å²) in [5, 5.41) is 7.22. The third-order valence-electron chi connectivity index (χ3n) is 4.34. The zero-order valence-electron chi connectivity index (χ0n) is 14.9. The van der Waals surface area contributed by atoms with Crippen molar-refractivity contribution in [1.29, 1.82) is 0 Å². The van der Waals surface area contributed by atoms with Crippen LogP contribution in [-0.4, -0.2) is 19.6 Å². The zero-order chi connectivity index (χ0) is 19.7. The monoisotopic (exact) mass is 382 g/mol. The number of benzene rings is 3. The minimum atomic E-state index is -0.838. The Balaban J connectivity index is 1.55. The molecule has 4 aromatic rings. The van der Waals surface area contributed by atoms with Gasteiger partial charge in [0.25, 0.3) is 0 Å². The normalized spacial score (nSPS) is 11.0. The number of carbonyl (C=O) groups is 1. The van der Waals surface area contributed by atoms with Gasteiger partial charge in [-0.05, 0) is 24.3 Å². The van der Waals surface area contributed by atoms with Crippen molar-refractivity contribution in [1.82, 2.24) is 0 Å². The number of fused-ring (bicyclic) bond motifs is 3. The number of hydrogen-bond donors (Lipinski definition) is 2. The van der Waals surface area contributed by atoms with Gasteiger partial charge in [0.1, 0.15) is 28.5 Å². The number of carbonyl (C=O) groups excluding carboxylic acids is 1. The number of para-hydroxylation sites is 1. The van der Waals surface area contributed by atoms with Crippen LogP contribution in [0.2, 0.25) is 0 Å². The van der Waals surface area contributed by atoms with Crippen LogP contribution >= 0.6 is 0 Å². The van der Waals surface area contributed by atoms with E-state index in [1.54, 1.807) is 6.07 Å². The van der Waals surface area contributed by atoms with Crippen LogP contribution < -0.4 is 15.4 Å². The lowest BCUT2D eigenvalue weighted by Crippen LogP contribution is -2.22. The van der Waals surface area contributed by atoms with Crippen LogP contribution in [0.3, 0.4) is 0 Å². The number of nitrogens with one attached hydrogen (secondary N) is 2. The van der Waals surface area contributed by atoms with E-state index in [4.69, 9.17) is 9.15 Å². The molecule has 7 heteroatoms. The molecule has 0 saturated carbocycles. The molecule has 0 atom stereocenters. The molecular weight excluding hydrogens is 366 g/mol. The van der Waals surface area contributed by atoms with Crippen molar-refractivity contribution in [2.45, 2.75) is 0 Å². The smallest absolute Gasteiger partial charge is 0.243 e. The minimum Gasteiger partial charge on any atom is -0.495 e. The molecule has 142 valence electrons. The fraction of sp³-hybridized carbons (Fsp3) is 0.0952. The van der Waals surface area contributed by atoms with Gasteiger partial charge < -0.3 is 19.8 Å². The molecule has 4 rings (SSSR count). The number of hydrogen-bond acceptors (Lipinski definition) is 4. The maximum absolute atomic E-state index is 13.7. The summed E-state index contributed by atoms with van der Waals surface area (Å²) in [5.74, 6) is -1.50. The van der Waals surface area contributed by atoms with Gasteiger partial charge in [0.15, 0.2) is 0 Å². The van der Waals surface area contributed by atoms with E-state index >= 15 is 0 Å². The van der Waals surface area contributed by atoms with Gasteiger partial charge in [-0.2, -0.15) is 0 Å². The molecule has 0 aliphatic heterocycles. The Kier molecular flexibility index (Phi) is 4.57. The summed E-state index contributed by atoms with van der Waals surface area (Å²) >= 11 is 0. The van der Waals surface area contributed by atoms with Crippen LogP contribution in [0.25, 0.3) is 21.9 Å². The largest absolute Gasteiger partial charge is 0.495 e. The van der Waals surface area contributed by atoms with Crippen molar-refractivity contribution in [2.24, 2.45) is 0 Å². The quantitative estimate of drug-likeness (QED) is 0.514. The summed E-state index contributed by atoms with van der Waals surface area (Å²) in [7, 11) is 1.53. The van der Waals surface area contributed by atoms with Crippen LogP contribution in [0.15, 0.2) is 59.0 Å². The first-order valence-electron chi connectivity index (χ1n) is 8.53. The molecule has 0 saturated heterocycles. The fourth-order valence-electron chi connectivity index (χ4n) is 3.02. The third kappa shape index (κ3) is 3.34. The first-order valence-corrected chi connectivity index (χ1v) is 8.53. The van der Waals surface area contributed by atoms with Crippen LogP contribution in [0.4, 0.5) is 20.2 Å². The van der Waals surface area contributed by atoms with Crippen molar-refractivity contribution >= 4 is 39.2 Å². The van der Waals surface area contributed by atoms with Crippen LogP contribution in [0.5, 0.6) is 5.75 Å². The van der Waals surface area contributed by atoms with Gasteiger partial charge in [-0.1, -0.05) is 18.2 Å². The van der Waals surface area contributed by atoms with Gasteiger partial charge in [-0.25, -0.2) is 8.78 Å². The van der Waals surface area contributed by atoms with Gasteiger partial charge >= 0.3 is 0 Å². The average Bonchev–Trinajstić information content (AvgIpc) is 3.05. The second-order valence-electron chi connectivity index (χ2n) is 6.17. The van der Waals surface area contributed by atoms with Gasteiger partial charge in [0.2, 0.25) is 5.91 Å². The summed E-state index contributed by atoms with van der Waals surface area (Å²) in [4.78, 5) is 12.1. The third-order valence-corrected chi connectivity index (χ3v) is 4.34. The molecule has 1 heterocycles. The minimum absolute atomic E-state index is 0.0899. The van der Waals surface area contributed by atoms with Gasteiger partial charge in [0.05, 0.1) is 25.0 Å². The highest BCUT2D eigenvalue weighted by molar-refractivity contribution is 6.06. The number of halogens is 2. The van der Waals surface area contributed by atoms with E-state index in [1.807, 2.05) is 30.3 Å². The molecule has 0 spiro atoms. The molecule has 3 aromatic carbocycles. The predicted octanol–water partition coefficient (Wildman–Crippen LogP) is 4.92. The predicted molar refractivity (Wildman–Crippen MR) is 104 cm³/mol. The van der Waals surface area contributed by atoms with E-state index in [2.05, 4.69) is 10.6 Å². The lowest BCUT2D eigenvalue weighted by molar-refractivity contribution is -0.114. The SMILES string of the molecule is COc1cc2c(cc1NCC(=O)Nc1ccc(F)cc1F)oc1ccccc12. The average molecular weight is 382 g/mol. The van der Waals surface area contributed by atoms with Crippen molar-refractivity contribution in [2.75, 3.05) is 24.3 Å². The Morgan fingerprint density at radius 2 is 1.82 bits per heavy atom. The van der Waals surface area contributed by atoms with Crippen LogP contribution in [0, 0.1) is 11.6 Å². The highest BCUT2D eigenvalue weighted by atomic mass is 19.1. The Bertz CT molecular complexity index is 1190. The number of rotatable bonds is 5. The molecule has 0 aliphatic carbocycles. The van der Waals surface area contributed by atoms with E-state index in [-0.39, 0.29) is 12.2 Å². The van der Waals surface area contributed by atoms with E-state index in [0.29, 0.717) is 23.1 Å². The van der Waals surface area contributed by atoms with Crippen molar-refractivity contribution < 1.29 is 22.7 Å². The number of furan rings is 1. The number of methoxy groups -OCH3 is 1. The van der Waals surface area contributed by atoms with Gasteiger partial charge in [0, 0.05) is 22.9 Å². The zero-order valence-corrected chi connectivity index (χ0v) is 14.9. The lowest BCUT2D eigenvalue weighted by atomic mass is 10.1. The number of anilines is 2. The summed E-state index contributed by atoms with van der Waals surface area (Å²) < 4.78 is 37.9. The second kappa shape index (κ2) is 7.19. The standard InChI is InChI=1S/C21H16F2N2O3/c1-27-20-9-14-13-4-2-3-5-18(13)28-19(14)10-17(20)24-11-21(26)25-16-7-6-12(22)8-15(16)23/h2-10,24H,11H2,1H3,(H,25,26). The van der Waals surface area contributed by atoms with E-state index in [1.165, 1.54) is 13.2 Å². The maximum atomic E-state index is 13.7. The molecule has 2 N–H and O–H groups in total. The summed E-state index contributed by atoms with van der Waals surface area (Å²) in [6.45, 7) is -0.140. The molecule has 1 aromatic heterocycles. The molecule has 28 heavy (non-hydrogen) atoms. The first kappa shape index (κ1) is 17.8. The topological polar surface area (TPSA) is 63.5 Å². The second-order valence-corrected chi connectivity index (χ2v) is 6.17. The fourth-order valence-corrected chi connectivity index (χ4v) is 3.02. The Labute approximate surface area is 158 Å². The molecule has 0 fully saturated rings. The van der Waals surface area contributed by atoms with E-state index < -0.39 is 17.5 Å². The molecule has 0 radical (unpaired) electrons. The Morgan fingerprint density at radius 1 is 1.00 bits per heavy atom. The number of amides is 1. The summed E-state index contributed by atoms with van der Waals surface area (Å²) in [6.07, 6.45) is 0. The van der Waals surface area contributed by atoms with Crippen molar-refractivity contribution in [3.8, 4) is 5.75 Å². The molecule has 1 amide bonds. The van der Waals surface area contributed by atoms with E-state index in [0.717, 1.165) is 22.4 Å². The van der Waals surface area contributed by atoms with Gasteiger partial charge in [-0.15, -0.1) is 0 Å². The maximum Gasteiger partial charge on any atom is 0.243 e. The highest BCUT2D eigenvalue weighted by Crippen LogP contribution is 2.36. The summed E-state index contributed by atoms with van der Waals surface area (Å²) in [6, 6.07) is 14.2. The van der Waals surface area contributed by atoms with E-state index in [9.17, 15) is 13.6 Å². The van der Waals surface area contributed by atoms with Crippen molar-refractivity contribution in [3.05, 3.63) is 66.2 Å². The summed E-state index contributed by atoms with van der Waals surface area (Å²) in [5.41, 5.74) is 1.87.